The molecular weight excluding hydrogens is 250 g/mol. The van der Waals surface area contributed by atoms with Gasteiger partial charge in [-0.15, -0.1) is 0 Å². The van der Waals surface area contributed by atoms with E-state index in [0.29, 0.717) is 25.3 Å². The summed E-state index contributed by atoms with van der Waals surface area (Å²) in [5, 5.41) is 5.44. The van der Waals surface area contributed by atoms with Gasteiger partial charge in [-0.3, -0.25) is 9.59 Å². The molecule has 0 aromatic rings. The molecule has 0 radical (unpaired) electrons. The van der Waals surface area contributed by atoms with Crippen molar-refractivity contribution in [3.05, 3.63) is 0 Å². The van der Waals surface area contributed by atoms with Gasteiger partial charge in [-0.2, -0.15) is 0 Å². The van der Waals surface area contributed by atoms with E-state index < -0.39 is 11.5 Å². The molecule has 4 N–H and O–H groups in total. The normalized spacial score (nSPS) is 18.0. The topological polar surface area (TPSA) is 84.2 Å². The first kappa shape index (κ1) is 14.9. The van der Waals surface area contributed by atoms with Gasteiger partial charge in [0.05, 0.1) is 10.4 Å². The molecule has 1 fully saturated rings. The summed E-state index contributed by atoms with van der Waals surface area (Å²) in [6.07, 6.45) is 1.35. The van der Waals surface area contributed by atoms with Crippen molar-refractivity contribution < 1.29 is 9.59 Å². The number of nitrogens with one attached hydrogen (secondary N) is 2. The van der Waals surface area contributed by atoms with Crippen LogP contribution < -0.4 is 16.4 Å². The van der Waals surface area contributed by atoms with E-state index in [9.17, 15) is 9.59 Å². The van der Waals surface area contributed by atoms with Crippen LogP contribution in [-0.2, 0) is 9.59 Å². The second kappa shape index (κ2) is 5.65. The zero-order chi connectivity index (χ0) is 13.9. The molecule has 1 aliphatic rings. The minimum atomic E-state index is -0.706. The molecule has 0 aliphatic heterocycles. The van der Waals surface area contributed by atoms with Crippen LogP contribution in [0.1, 0.15) is 33.6 Å². The maximum Gasteiger partial charge on any atom is 0.242 e. The summed E-state index contributed by atoms with van der Waals surface area (Å²) >= 11 is 4.89. The summed E-state index contributed by atoms with van der Waals surface area (Å²) < 4.78 is 0. The lowest BCUT2D eigenvalue weighted by molar-refractivity contribution is -0.130. The molecule has 1 atom stereocenters. The van der Waals surface area contributed by atoms with Crippen molar-refractivity contribution in [2.24, 2.45) is 17.1 Å². The minimum absolute atomic E-state index is 0.184. The number of hydrogen-bond acceptors (Lipinski definition) is 3. The highest BCUT2D eigenvalue weighted by Gasteiger charge is 2.53. The van der Waals surface area contributed by atoms with Crippen molar-refractivity contribution in [2.45, 2.75) is 39.7 Å². The SMILES string of the molecule is CC(C)CNC(=O)C(C)NC(=O)C1(C(N)=S)CC1. The first-order chi connectivity index (χ1) is 8.29. The van der Waals surface area contributed by atoms with Crippen molar-refractivity contribution in [1.82, 2.24) is 10.6 Å². The second-order valence-electron chi connectivity index (χ2n) is 5.28. The molecule has 0 heterocycles. The molecule has 18 heavy (non-hydrogen) atoms. The monoisotopic (exact) mass is 271 g/mol. The Bertz CT molecular complexity index is 364. The van der Waals surface area contributed by atoms with E-state index in [1.807, 2.05) is 13.8 Å². The standard InChI is InChI=1S/C12H21N3O2S/c1-7(2)6-14-9(16)8(3)15-11(17)12(4-5-12)10(13)18/h7-8H,4-6H2,1-3H3,(H2,13,18)(H,14,16)(H,15,17). The molecule has 2 amide bonds. The average molecular weight is 271 g/mol. The Labute approximate surface area is 113 Å². The predicted octanol–water partition coefficient (Wildman–Crippen LogP) is 0.330. The van der Waals surface area contributed by atoms with Crippen molar-refractivity contribution in [1.29, 1.82) is 0 Å². The molecule has 0 aromatic heterocycles. The van der Waals surface area contributed by atoms with E-state index in [1.54, 1.807) is 6.92 Å². The van der Waals surface area contributed by atoms with E-state index in [0.717, 1.165) is 0 Å². The smallest absolute Gasteiger partial charge is 0.242 e. The highest BCUT2D eigenvalue weighted by atomic mass is 32.1. The van der Waals surface area contributed by atoms with Gasteiger partial charge < -0.3 is 16.4 Å². The van der Waals surface area contributed by atoms with Crippen LogP contribution in [0.15, 0.2) is 0 Å². The van der Waals surface area contributed by atoms with Gasteiger partial charge in [0.1, 0.15) is 6.04 Å². The third-order valence-corrected chi connectivity index (χ3v) is 3.47. The Kier molecular flexibility index (Phi) is 4.67. The third-order valence-electron chi connectivity index (χ3n) is 3.08. The predicted molar refractivity (Wildman–Crippen MR) is 73.9 cm³/mol. The third kappa shape index (κ3) is 3.41. The summed E-state index contributed by atoms with van der Waals surface area (Å²) in [6.45, 7) is 6.27. The van der Waals surface area contributed by atoms with Crippen LogP contribution in [0.2, 0.25) is 0 Å². The zero-order valence-electron chi connectivity index (χ0n) is 11.1. The Hall–Kier alpha value is -1.17. The quantitative estimate of drug-likeness (QED) is 0.608. The van der Waals surface area contributed by atoms with Crippen LogP contribution in [-0.4, -0.2) is 29.4 Å². The molecular formula is C12H21N3O2S. The van der Waals surface area contributed by atoms with Crippen LogP contribution in [0.3, 0.4) is 0 Å². The Morgan fingerprint density at radius 1 is 1.33 bits per heavy atom. The summed E-state index contributed by atoms with van der Waals surface area (Å²) in [7, 11) is 0. The van der Waals surface area contributed by atoms with E-state index in [1.165, 1.54) is 0 Å². The molecule has 0 spiro atoms. The lowest BCUT2D eigenvalue weighted by Gasteiger charge is -2.19. The fourth-order valence-corrected chi connectivity index (χ4v) is 1.87. The average Bonchev–Trinajstić information content (AvgIpc) is 3.06. The van der Waals surface area contributed by atoms with Crippen LogP contribution in [0, 0.1) is 11.3 Å². The maximum absolute atomic E-state index is 12.0. The Balaban J connectivity index is 2.45. The Morgan fingerprint density at radius 3 is 2.28 bits per heavy atom. The van der Waals surface area contributed by atoms with Gasteiger partial charge in [0.15, 0.2) is 0 Å². The van der Waals surface area contributed by atoms with E-state index in [4.69, 9.17) is 18.0 Å². The number of nitrogens with two attached hydrogens (primary N) is 1. The fraction of sp³-hybridized carbons (Fsp3) is 0.750. The van der Waals surface area contributed by atoms with Gasteiger partial charge in [0, 0.05) is 6.54 Å². The van der Waals surface area contributed by atoms with Gasteiger partial charge in [-0.1, -0.05) is 26.1 Å². The zero-order valence-corrected chi connectivity index (χ0v) is 11.9. The van der Waals surface area contributed by atoms with E-state index >= 15 is 0 Å². The van der Waals surface area contributed by atoms with Crippen molar-refractivity contribution in [3.8, 4) is 0 Å². The van der Waals surface area contributed by atoms with Crippen LogP contribution in [0.5, 0.6) is 0 Å². The first-order valence-corrected chi connectivity index (χ1v) is 6.59. The van der Waals surface area contributed by atoms with Gasteiger partial charge in [-0.05, 0) is 25.7 Å². The molecule has 1 unspecified atom stereocenters. The second-order valence-corrected chi connectivity index (χ2v) is 5.72. The van der Waals surface area contributed by atoms with Crippen LogP contribution >= 0.6 is 12.2 Å². The molecule has 0 aromatic carbocycles. The van der Waals surface area contributed by atoms with Gasteiger partial charge in [-0.25, -0.2) is 0 Å². The van der Waals surface area contributed by atoms with Gasteiger partial charge in [0.25, 0.3) is 0 Å². The highest BCUT2D eigenvalue weighted by molar-refractivity contribution is 7.80. The highest BCUT2D eigenvalue weighted by Crippen LogP contribution is 2.46. The summed E-state index contributed by atoms with van der Waals surface area (Å²) in [6, 6.07) is -0.567. The van der Waals surface area contributed by atoms with E-state index in [-0.39, 0.29) is 16.8 Å². The van der Waals surface area contributed by atoms with E-state index in [2.05, 4.69) is 10.6 Å². The molecule has 5 nitrogen and oxygen atoms in total. The van der Waals surface area contributed by atoms with Crippen LogP contribution in [0.4, 0.5) is 0 Å². The maximum atomic E-state index is 12.0. The largest absolute Gasteiger partial charge is 0.392 e. The molecule has 1 rings (SSSR count). The number of thiocarbonyl (C=S) groups is 1. The lowest BCUT2D eigenvalue weighted by Crippen LogP contribution is -2.49. The summed E-state index contributed by atoms with van der Waals surface area (Å²) in [5.41, 5.74) is 4.85. The van der Waals surface area contributed by atoms with Crippen LogP contribution in [0.25, 0.3) is 0 Å². The van der Waals surface area contributed by atoms with Gasteiger partial charge in [0.2, 0.25) is 11.8 Å². The lowest BCUT2D eigenvalue weighted by atomic mass is 10.1. The fourth-order valence-electron chi connectivity index (χ4n) is 1.57. The molecule has 6 heteroatoms. The molecule has 0 saturated heterocycles. The minimum Gasteiger partial charge on any atom is -0.392 e. The molecule has 102 valence electrons. The Morgan fingerprint density at radius 2 is 1.89 bits per heavy atom. The van der Waals surface area contributed by atoms with Crippen molar-refractivity contribution >= 4 is 29.0 Å². The number of carbonyl (C=O) groups is 2. The number of amides is 2. The number of carbonyl (C=O) groups excluding carboxylic acids is 2. The van der Waals surface area contributed by atoms with Gasteiger partial charge >= 0.3 is 0 Å². The molecule has 1 aliphatic carbocycles. The first-order valence-electron chi connectivity index (χ1n) is 6.18. The van der Waals surface area contributed by atoms with Crippen molar-refractivity contribution in [3.63, 3.8) is 0 Å². The number of hydrogen-bond donors (Lipinski definition) is 3. The summed E-state index contributed by atoms with van der Waals surface area (Å²) in [4.78, 5) is 23.9. The molecule has 1 saturated carbocycles. The summed E-state index contributed by atoms with van der Waals surface area (Å²) in [5.74, 6) is -0.0405. The number of rotatable bonds is 6. The molecule has 0 bridgehead atoms. The van der Waals surface area contributed by atoms with Crippen molar-refractivity contribution in [2.75, 3.05) is 6.54 Å².